The SMILES string of the molecule is N=C(N)Nc1cccc(C(CCO)C(=Cc2ccccc2)C(=O)O)c1. The smallest absolute Gasteiger partial charge is 0.332 e. The Labute approximate surface area is 146 Å². The molecule has 2 aromatic rings. The second-order valence-electron chi connectivity index (χ2n) is 5.54. The lowest BCUT2D eigenvalue weighted by atomic mass is 9.87. The first-order valence-electron chi connectivity index (χ1n) is 7.83. The molecule has 0 heterocycles. The van der Waals surface area contributed by atoms with E-state index >= 15 is 0 Å². The number of carbonyl (C=O) groups is 1. The molecule has 0 fully saturated rings. The van der Waals surface area contributed by atoms with Crippen LogP contribution in [0.15, 0.2) is 60.2 Å². The van der Waals surface area contributed by atoms with Crippen molar-refractivity contribution in [2.24, 2.45) is 5.73 Å². The first kappa shape index (κ1) is 18.2. The van der Waals surface area contributed by atoms with Crippen LogP contribution in [0.3, 0.4) is 0 Å². The summed E-state index contributed by atoms with van der Waals surface area (Å²) in [6.45, 7) is -0.144. The highest BCUT2D eigenvalue weighted by Gasteiger charge is 2.22. The molecule has 2 rings (SSSR count). The minimum Gasteiger partial charge on any atom is -0.478 e. The molecule has 25 heavy (non-hydrogen) atoms. The summed E-state index contributed by atoms with van der Waals surface area (Å²) in [5.41, 5.74) is 7.64. The topological polar surface area (TPSA) is 119 Å². The average Bonchev–Trinajstić information content (AvgIpc) is 2.58. The number of guanidine groups is 1. The Bertz CT molecular complexity index is 772. The van der Waals surface area contributed by atoms with Crippen LogP contribution in [0.2, 0.25) is 0 Å². The second kappa shape index (κ2) is 8.65. The van der Waals surface area contributed by atoms with Gasteiger partial charge in [0.15, 0.2) is 5.96 Å². The molecule has 0 saturated carbocycles. The van der Waals surface area contributed by atoms with Crippen molar-refractivity contribution in [3.05, 3.63) is 71.3 Å². The fourth-order valence-electron chi connectivity index (χ4n) is 2.66. The Morgan fingerprint density at radius 3 is 2.52 bits per heavy atom. The maximum absolute atomic E-state index is 11.8. The van der Waals surface area contributed by atoms with E-state index in [1.807, 2.05) is 30.3 Å². The van der Waals surface area contributed by atoms with Crippen molar-refractivity contribution in [2.75, 3.05) is 11.9 Å². The summed E-state index contributed by atoms with van der Waals surface area (Å²) >= 11 is 0. The van der Waals surface area contributed by atoms with Crippen molar-refractivity contribution >= 4 is 23.7 Å². The van der Waals surface area contributed by atoms with E-state index in [1.165, 1.54) is 0 Å². The summed E-state index contributed by atoms with van der Waals surface area (Å²) in [4.78, 5) is 11.8. The molecule has 1 unspecified atom stereocenters. The van der Waals surface area contributed by atoms with Gasteiger partial charge in [0.05, 0.1) is 0 Å². The van der Waals surface area contributed by atoms with E-state index in [4.69, 9.17) is 11.1 Å². The van der Waals surface area contributed by atoms with Gasteiger partial charge in [-0.25, -0.2) is 4.79 Å². The Hall–Kier alpha value is -3.12. The van der Waals surface area contributed by atoms with E-state index in [9.17, 15) is 15.0 Å². The van der Waals surface area contributed by atoms with Crippen molar-refractivity contribution in [2.45, 2.75) is 12.3 Å². The van der Waals surface area contributed by atoms with E-state index in [2.05, 4.69) is 5.32 Å². The third kappa shape index (κ3) is 5.19. The van der Waals surface area contributed by atoms with Crippen LogP contribution in [0.1, 0.15) is 23.5 Å². The molecular weight excluding hydrogens is 318 g/mol. The standard InChI is InChI=1S/C19H21N3O3/c20-19(21)22-15-8-4-7-14(12-15)16(9-10-23)17(18(24)25)11-13-5-2-1-3-6-13/h1-8,11-12,16,23H,9-10H2,(H,24,25)(H4,20,21,22). The van der Waals surface area contributed by atoms with Crippen LogP contribution in [0.5, 0.6) is 0 Å². The van der Waals surface area contributed by atoms with E-state index < -0.39 is 11.9 Å². The van der Waals surface area contributed by atoms with Gasteiger partial charge < -0.3 is 21.3 Å². The number of carboxylic acid groups (broad SMARTS) is 1. The molecule has 130 valence electrons. The number of nitrogens with two attached hydrogens (primary N) is 1. The summed E-state index contributed by atoms with van der Waals surface area (Å²) in [7, 11) is 0. The normalized spacial score (nSPS) is 12.4. The van der Waals surface area contributed by atoms with Crippen LogP contribution in [0.4, 0.5) is 5.69 Å². The molecule has 0 spiro atoms. The zero-order valence-electron chi connectivity index (χ0n) is 13.6. The van der Waals surface area contributed by atoms with Gasteiger partial charge in [0.2, 0.25) is 0 Å². The molecule has 6 nitrogen and oxygen atoms in total. The van der Waals surface area contributed by atoms with E-state index in [-0.39, 0.29) is 24.6 Å². The third-order valence-corrected chi connectivity index (χ3v) is 3.73. The van der Waals surface area contributed by atoms with Gasteiger partial charge in [-0.15, -0.1) is 0 Å². The van der Waals surface area contributed by atoms with E-state index in [1.54, 1.807) is 30.3 Å². The van der Waals surface area contributed by atoms with Gasteiger partial charge in [-0.05, 0) is 35.8 Å². The predicted molar refractivity (Wildman–Crippen MR) is 98.5 cm³/mol. The van der Waals surface area contributed by atoms with Crippen LogP contribution in [-0.2, 0) is 4.79 Å². The summed E-state index contributed by atoms with van der Waals surface area (Å²) in [5.74, 6) is -1.72. The highest BCUT2D eigenvalue weighted by atomic mass is 16.4. The van der Waals surface area contributed by atoms with Crippen LogP contribution in [-0.4, -0.2) is 28.7 Å². The summed E-state index contributed by atoms with van der Waals surface area (Å²) < 4.78 is 0. The van der Waals surface area contributed by atoms with E-state index in [0.717, 1.165) is 11.1 Å². The molecule has 0 saturated heterocycles. The molecule has 0 amide bonds. The fraction of sp³-hybridized carbons (Fsp3) is 0.158. The first-order valence-corrected chi connectivity index (χ1v) is 7.83. The Morgan fingerprint density at radius 2 is 1.92 bits per heavy atom. The molecule has 2 aromatic carbocycles. The number of hydrogen-bond donors (Lipinski definition) is 5. The van der Waals surface area contributed by atoms with Crippen molar-refractivity contribution in [1.29, 1.82) is 5.41 Å². The third-order valence-electron chi connectivity index (χ3n) is 3.73. The van der Waals surface area contributed by atoms with Crippen LogP contribution in [0.25, 0.3) is 6.08 Å². The molecule has 0 radical (unpaired) electrons. The monoisotopic (exact) mass is 339 g/mol. The van der Waals surface area contributed by atoms with Gasteiger partial charge in [0.25, 0.3) is 0 Å². The highest BCUT2D eigenvalue weighted by Crippen LogP contribution is 2.31. The molecule has 0 bridgehead atoms. The number of rotatable bonds is 7. The molecule has 0 aliphatic rings. The quantitative estimate of drug-likeness (QED) is 0.302. The zero-order chi connectivity index (χ0) is 18.2. The number of benzene rings is 2. The first-order chi connectivity index (χ1) is 12.0. The molecule has 0 aliphatic carbocycles. The van der Waals surface area contributed by atoms with Gasteiger partial charge in [-0.1, -0.05) is 42.5 Å². The lowest BCUT2D eigenvalue weighted by Crippen LogP contribution is -2.20. The van der Waals surface area contributed by atoms with Gasteiger partial charge in [0, 0.05) is 23.8 Å². The van der Waals surface area contributed by atoms with Gasteiger partial charge >= 0.3 is 5.97 Å². The molecular formula is C19H21N3O3. The number of aliphatic hydroxyl groups excluding tert-OH is 1. The zero-order valence-corrected chi connectivity index (χ0v) is 13.6. The fourth-order valence-corrected chi connectivity index (χ4v) is 2.66. The summed E-state index contributed by atoms with van der Waals surface area (Å²) in [5, 5.41) is 29.1. The second-order valence-corrected chi connectivity index (χ2v) is 5.54. The van der Waals surface area contributed by atoms with Crippen LogP contribution in [0, 0.1) is 5.41 Å². The number of anilines is 1. The Kier molecular flexibility index (Phi) is 6.31. The number of aliphatic carboxylic acids is 1. The van der Waals surface area contributed by atoms with Crippen LogP contribution >= 0.6 is 0 Å². The average molecular weight is 339 g/mol. The maximum atomic E-state index is 11.8. The molecule has 6 N–H and O–H groups in total. The highest BCUT2D eigenvalue weighted by molar-refractivity contribution is 5.94. The molecule has 1 atom stereocenters. The van der Waals surface area contributed by atoms with Crippen molar-refractivity contribution in [1.82, 2.24) is 0 Å². The van der Waals surface area contributed by atoms with Crippen LogP contribution < -0.4 is 11.1 Å². The number of carboxylic acids is 1. The lowest BCUT2D eigenvalue weighted by molar-refractivity contribution is -0.132. The van der Waals surface area contributed by atoms with Gasteiger partial charge in [0.1, 0.15) is 0 Å². The minimum absolute atomic E-state index is 0.144. The lowest BCUT2D eigenvalue weighted by Gasteiger charge is -2.19. The van der Waals surface area contributed by atoms with E-state index in [0.29, 0.717) is 5.69 Å². The molecule has 0 aliphatic heterocycles. The van der Waals surface area contributed by atoms with Gasteiger partial charge in [-0.3, -0.25) is 5.41 Å². The van der Waals surface area contributed by atoms with Gasteiger partial charge in [-0.2, -0.15) is 0 Å². The number of nitrogens with one attached hydrogen (secondary N) is 2. The maximum Gasteiger partial charge on any atom is 0.332 e. The molecule has 6 heteroatoms. The Balaban J connectivity index is 2.45. The number of hydrogen-bond acceptors (Lipinski definition) is 3. The van der Waals surface area contributed by atoms with Crippen molar-refractivity contribution in [3.63, 3.8) is 0 Å². The number of aliphatic hydroxyl groups is 1. The molecule has 0 aromatic heterocycles. The Morgan fingerprint density at radius 1 is 1.20 bits per heavy atom. The van der Waals surface area contributed by atoms with Crippen molar-refractivity contribution in [3.8, 4) is 0 Å². The predicted octanol–water partition coefficient (Wildman–Crippen LogP) is 2.63. The largest absolute Gasteiger partial charge is 0.478 e. The summed E-state index contributed by atoms with van der Waals surface area (Å²) in [6.07, 6.45) is 1.89. The minimum atomic E-state index is -1.03. The van der Waals surface area contributed by atoms with Crippen molar-refractivity contribution < 1.29 is 15.0 Å². The summed E-state index contributed by atoms with van der Waals surface area (Å²) in [6, 6.07) is 16.2.